The lowest BCUT2D eigenvalue weighted by Crippen LogP contribution is -2.34. The van der Waals surface area contributed by atoms with Gasteiger partial charge in [-0.3, -0.25) is 0 Å². The summed E-state index contributed by atoms with van der Waals surface area (Å²) < 4.78 is 0. The molecule has 2 rings (SSSR count). The van der Waals surface area contributed by atoms with E-state index in [1.54, 1.807) is 0 Å². The molecule has 0 saturated heterocycles. The monoisotopic (exact) mass is 691 g/mol. The number of benzene rings is 2. The highest BCUT2D eigenvalue weighted by atomic mass is 16.3. The summed E-state index contributed by atoms with van der Waals surface area (Å²) >= 11 is 0. The minimum atomic E-state index is -0.196. The molecule has 0 saturated carbocycles. The fourth-order valence-electron chi connectivity index (χ4n) is 8.65. The van der Waals surface area contributed by atoms with Crippen LogP contribution in [-0.2, 0) is 16.2 Å². The molecular formula is C48H82O2. The van der Waals surface area contributed by atoms with E-state index >= 15 is 0 Å². The van der Waals surface area contributed by atoms with Gasteiger partial charge in [0.2, 0.25) is 0 Å². The fourth-order valence-corrected chi connectivity index (χ4v) is 8.65. The molecule has 2 aromatic carbocycles. The highest BCUT2D eigenvalue weighted by Gasteiger charge is 2.40. The number of aromatic hydroxyl groups is 2. The maximum Gasteiger partial charge on any atom is 0.119 e. The van der Waals surface area contributed by atoms with Crippen molar-refractivity contribution in [1.29, 1.82) is 0 Å². The Labute approximate surface area is 311 Å². The second-order valence-corrected chi connectivity index (χ2v) is 18.3. The number of aryl methyl sites for hydroxylation is 2. The average molecular weight is 691 g/mol. The lowest BCUT2D eigenvalue weighted by Gasteiger charge is -2.42. The normalized spacial score (nSPS) is 13.3. The zero-order chi connectivity index (χ0) is 37.4. The maximum absolute atomic E-state index is 11.3. The van der Waals surface area contributed by atoms with Gasteiger partial charge in [0.05, 0.1) is 0 Å². The third-order valence-electron chi connectivity index (χ3n) is 11.6. The van der Waals surface area contributed by atoms with Crippen molar-refractivity contribution in [3.63, 3.8) is 0 Å². The van der Waals surface area contributed by atoms with Gasteiger partial charge in [-0.2, -0.15) is 0 Å². The van der Waals surface area contributed by atoms with Crippen LogP contribution in [0.25, 0.3) is 0 Å². The van der Waals surface area contributed by atoms with E-state index in [9.17, 15) is 10.2 Å². The molecule has 2 heteroatoms. The molecule has 0 aliphatic heterocycles. The predicted octanol–water partition coefficient (Wildman–Crippen LogP) is 15.5. The molecule has 286 valence electrons. The van der Waals surface area contributed by atoms with Crippen LogP contribution in [0.15, 0.2) is 24.3 Å². The van der Waals surface area contributed by atoms with Gasteiger partial charge in [0.15, 0.2) is 0 Å². The molecule has 50 heavy (non-hydrogen) atoms. The van der Waals surface area contributed by atoms with Gasteiger partial charge in [0, 0.05) is 5.41 Å². The number of hydrogen-bond donors (Lipinski definition) is 2. The molecule has 1 atom stereocenters. The smallest absolute Gasteiger partial charge is 0.119 e. The van der Waals surface area contributed by atoms with E-state index in [4.69, 9.17) is 0 Å². The lowest BCUT2D eigenvalue weighted by molar-refractivity contribution is 0.288. The van der Waals surface area contributed by atoms with Crippen LogP contribution < -0.4 is 0 Å². The van der Waals surface area contributed by atoms with Crippen molar-refractivity contribution in [3.8, 4) is 11.5 Å². The molecule has 0 spiro atoms. The van der Waals surface area contributed by atoms with Crippen molar-refractivity contribution in [2.45, 2.75) is 227 Å². The fraction of sp³-hybridized carbons (Fsp3) is 0.750. The number of rotatable bonds is 24. The zero-order valence-corrected chi connectivity index (χ0v) is 35.1. The molecule has 0 aliphatic rings. The van der Waals surface area contributed by atoms with Crippen molar-refractivity contribution < 1.29 is 10.2 Å². The van der Waals surface area contributed by atoms with Crippen molar-refractivity contribution >= 4 is 0 Å². The molecule has 0 heterocycles. The highest BCUT2D eigenvalue weighted by molar-refractivity contribution is 5.56. The first-order valence-electron chi connectivity index (χ1n) is 21.3. The third kappa shape index (κ3) is 13.5. The van der Waals surface area contributed by atoms with Crippen molar-refractivity contribution in [3.05, 3.63) is 57.6 Å². The Morgan fingerprint density at radius 2 is 0.800 bits per heavy atom. The summed E-state index contributed by atoms with van der Waals surface area (Å²) in [5.74, 6) is 1.47. The highest BCUT2D eigenvalue weighted by Crippen LogP contribution is 2.50. The number of unbranched alkanes of at least 4 members (excludes halogenated alkanes) is 14. The second kappa shape index (κ2) is 21.5. The van der Waals surface area contributed by atoms with Gasteiger partial charge in [-0.05, 0) is 89.0 Å². The van der Waals surface area contributed by atoms with Crippen molar-refractivity contribution in [2.75, 3.05) is 0 Å². The molecule has 1 unspecified atom stereocenters. The third-order valence-corrected chi connectivity index (χ3v) is 11.6. The first-order valence-corrected chi connectivity index (χ1v) is 21.3. The van der Waals surface area contributed by atoms with E-state index in [1.165, 1.54) is 144 Å². The summed E-state index contributed by atoms with van der Waals surface area (Å²) in [6.45, 7) is 24.8. The van der Waals surface area contributed by atoms with Crippen LogP contribution in [0, 0.1) is 19.8 Å². The van der Waals surface area contributed by atoms with E-state index in [2.05, 4.69) is 100 Å². The Hall–Kier alpha value is -1.96. The molecule has 0 aromatic heterocycles. The minimum Gasteiger partial charge on any atom is -0.508 e. The Morgan fingerprint density at radius 1 is 0.460 bits per heavy atom. The molecule has 2 aromatic rings. The summed E-state index contributed by atoms with van der Waals surface area (Å²) in [6.07, 6.45) is 27.4. The van der Waals surface area contributed by atoms with Crippen LogP contribution in [0.1, 0.15) is 231 Å². The van der Waals surface area contributed by atoms with Crippen molar-refractivity contribution in [2.24, 2.45) is 5.92 Å². The van der Waals surface area contributed by atoms with Crippen molar-refractivity contribution in [1.82, 2.24) is 0 Å². The summed E-state index contributed by atoms with van der Waals surface area (Å²) in [7, 11) is 0. The van der Waals surface area contributed by atoms with Gasteiger partial charge in [-0.1, -0.05) is 196 Å². The molecule has 2 nitrogen and oxygen atoms in total. The van der Waals surface area contributed by atoms with E-state index < -0.39 is 0 Å². The second-order valence-electron chi connectivity index (χ2n) is 18.3. The average Bonchev–Trinajstić information content (AvgIpc) is 3.02. The van der Waals surface area contributed by atoms with Crippen LogP contribution in [0.4, 0.5) is 0 Å². The Balaban J connectivity index is 2.68. The topological polar surface area (TPSA) is 40.5 Å². The Kier molecular flexibility index (Phi) is 19.0. The summed E-state index contributed by atoms with van der Waals surface area (Å²) in [6, 6.07) is 8.91. The van der Waals surface area contributed by atoms with E-state index in [0.717, 1.165) is 24.0 Å². The molecule has 0 fully saturated rings. The number of phenols is 2. The van der Waals surface area contributed by atoms with Crippen LogP contribution >= 0.6 is 0 Å². The van der Waals surface area contributed by atoms with Gasteiger partial charge in [-0.25, -0.2) is 0 Å². The van der Waals surface area contributed by atoms with Gasteiger partial charge in [-0.15, -0.1) is 0 Å². The standard InChI is InChI=1S/C48H82O2/c1-12-15-18-20-21-22-23-24-25-27-30-39(29-26-19-16-13-2)36-48(31-28-17-14-3,40-34-42(46(6,7)8)44(49)32-37(40)4)41-35-43(47(9,10)11)45(50)33-38(41)5/h32-35,39,49-50H,12-31,36H2,1-11H3. The Bertz CT molecular complexity index is 1170. The first kappa shape index (κ1) is 44.2. The number of hydrogen-bond acceptors (Lipinski definition) is 2. The van der Waals surface area contributed by atoms with E-state index in [0.29, 0.717) is 17.4 Å². The zero-order valence-electron chi connectivity index (χ0n) is 35.1. The maximum atomic E-state index is 11.3. The molecule has 0 bridgehead atoms. The molecular weight excluding hydrogens is 609 g/mol. The van der Waals surface area contributed by atoms with Crippen LogP contribution in [0.2, 0.25) is 0 Å². The molecule has 0 amide bonds. The Morgan fingerprint density at radius 3 is 1.18 bits per heavy atom. The van der Waals surface area contributed by atoms with Crippen LogP contribution in [0.5, 0.6) is 11.5 Å². The summed E-state index contributed by atoms with van der Waals surface area (Å²) in [5, 5.41) is 22.6. The molecule has 0 aliphatic carbocycles. The van der Waals surface area contributed by atoms with E-state index in [1.807, 2.05) is 0 Å². The van der Waals surface area contributed by atoms with Gasteiger partial charge >= 0.3 is 0 Å². The largest absolute Gasteiger partial charge is 0.508 e. The molecule has 2 N–H and O–H groups in total. The first-order chi connectivity index (χ1) is 23.6. The summed E-state index contributed by atoms with van der Waals surface area (Å²) in [4.78, 5) is 0. The number of phenolic OH excluding ortho intramolecular Hbond substituents is 2. The lowest BCUT2D eigenvalue weighted by atomic mass is 9.61. The van der Waals surface area contributed by atoms with Crippen LogP contribution in [-0.4, -0.2) is 10.2 Å². The summed E-state index contributed by atoms with van der Waals surface area (Å²) in [5.41, 5.74) is 6.73. The van der Waals surface area contributed by atoms with E-state index in [-0.39, 0.29) is 16.2 Å². The SMILES string of the molecule is CCCCCCCCCCCCC(CCCCCC)CC(CCCCC)(c1cc(C(C)(C)C)c(O)cc1C)c1cc(C(C)(C)C)c(O)cc1C. The van der Waals surface area contributed by atoms with Gasteiger partial charge in [0.25, 0.3) is 0 Å². The quantitative estimate of drug-likeness (QED) is 0.108. The van der Waals surface area contributed by atoms with Crippen LogP contribution in [0.3, 0.4) is 0 Å². The van der Waals surface area contributed by atoms with Gasteiger partial charge < -0.3 is 10.2 Å². The van der Waals surface area contributed by atoms with Gasteiger partial charge in [0.1, 0.15) is 11.5 Å². The predicted molar refractivity (Wildman–Crippen MR) is 221 cm³/mol. The molecule has 0 radical (unpaired) electrons. The minimum absolute atomic E-state index is 0.169.